The number of fused-ring (bicyclic) bond motifs is 1. The molecule has 3 aromatic rings. The molecule has 1 atom stereocenters. The molecule has 1 saturated heterocycles. The van der Waals surface area contributed by atoms with E-state index in [1.54, 1.807) is 7.11 Å². The molecule has 2 heterocycles. The van der Waals surface area contributed by atoms with Gasteiger partial charge in [0.15, 0.2) is 11.5 Å². The number of hydrogen-bond donors (Lipinski definition) is 1. The summed E-state index contributed by atoms with van der Waals surface area (Å²) in [5.41, 5.74) is 3.18. The van der Waals surface area contributed by atoms with E-state index in [1.807, 2.05) is 49.4 Å². The Hall–Kier alpha value is -3.19. The Morgan fingerprint density at radius 1 is 1.21 bits per heavy atom. The number of nitrogens with zero attached hydrogens (tertiary/aromatic N) is 2. The first kappa shape index (κ1) is 19.1. The summed E-state index contributed by atoms with van der Waals surface area (Å²) >= 11 is 0. The minimum absolute atomic E-state index is 0.0550. The Morgan fingerprint density at radius 3 is 2.72 bits per heavy atom. The minimum atomic E-state index is -0.534. The quantitative estimate of drug-likeness (QED) is 0.633. The van der Waals surface area contributed by atoms with Gasteiger partial charge >= 0.3 is 5.97 Å². The number of para-hydroxylation sites is 2. The molecule has 0 amide bonds. The SMILES string of the molecule is COc1ccc(C)cc1Nc1nc2ccccc2nc1C(=O)OC[C@@H]1CCCO1. The number of benzene rings is 2. The van der Waals surface area contributed by atoms with Crippen molar-refractivity contribution in [1.82, 2.24) is 9.97 Å². The van der Waals surface area contributed by atoms with Crippen molar-refractivity contribution in [1.29, 1.82) is 0 Å². The number of anilines is 2. The summed E-state index contributed by atoms with van der Waals surface area (Å²) in [6.07, 6.45) is 1.82. The van der Waals surface area contributed by atoms with Crippen molar-refractivity contribution in [3.8, 4) is 5.75 Å². The van der Waals surface area contributed by atoms with Gasteiger partial charge in [-0.25, -0.2) is 14.8 Å². The first-order chi connectivity index (χ1) is 14.1. The zero-order valence-corrected chi connectivity index (χ0v) is 16.5. The van der Waals surface area contributed by atoms with Crippen LogP contribution in [0.4, 0.5) is 11.5 Å². The van der Waals surface area contributed by atoms with Gasteiger partial charge in [-0.2, -0.15) is 0 Å². The van der Waals surface area contributed by atoms with Crippen LogP contribution in [-0.2, 0) is 9.47 Å². The Bertz CT molecular complexity index is 1030. The molecular weight excluding hydrogens is 370 g/mol. The molecule has 0 bridgehead atoms. The van der Waals surface area contributed by atoms with Crippen LogP contribution in [0.1, 0.15) is 28.9 Å². The molecular formula is C22H23N3O4. The fraction of sp³-hybridized carbons (Fsp3) is 0.318. The second-order valence-corrected chi connectivity index (χ2v) is 6.97. The summed E-state index contributed by atoms with van der Waals surface area (Å²) in [7, 11) is 1.60. The van der Waals surface area contributed by atoms with E-state index in [2.05, 4.69) is 15.3 Å². The van der Waals surface area contributed by atoms with E-state index in [0.29, 0.717) is 34.9 Å². The fourth-order valence-corrected chi connectivity index (χ4v) is 3.29. The van der Waals surface area contributed by atoms with Crippen molar-refractivity contribution in [2.24, 2.45) is 0 Å². The summed E-state index contributed by atoms with van der Waals surface area (Å²) in [5, 5.41) is 3.20. The Balaban J connectivity index is 1.68. The lowest BCUT2D eigenvalue weighted by Gasteiger charge is -2.15. The molecule has 1 aromatic heterocycles. The summed E-state index contributed by atoms with van der Waals surface area (Å²) in [6, 6.07) is 13.1. The highest BCUT2D eigenvalue weighted by atomic mass is 16.6. The van der Waals surface area contributed by atoms with Gasteiger partial charge in [-0.1, -0.05) is 18.2 Å². The third-order valence-electron chi connectivity index (χ3n) is 4.80. The topological polar surface area (TPSA) is 82.6 Å². The van der Waals surface area contributed by atoms with E-state index in [9.17, 15) is 4.79 Å². The predicted octanol–water partition coefficient (Wildman–Crippen LogP) is 4.03. The van der Waals surface area contributed by atoms with E-state index >= 15 is 0 Å². The number of carbonyl (C=O) groups is 1. The predicted molar refractivity (Wildman–Crippen MR) is 110 cm³/mol. The van der Waals surface area contributed by atoms with Crippen molar-refractivity contribution < 1.29 is 19.0 Å². The van der Waals surface area contributed by atoms with Gasteiger partial charge in [0.1, 0.15) is 12.4 Å². The molecule has 29 heavy (non-hydrogen) atoms. The van der Waals surface area contributed by atoms with Gasteiger partial charge in [-0.05, 0) is 49.6 Å². The summed E-state index contributed by atoms with van der Waals surface area (Å²) < 4.78 is 16.4. The van der Waals surface area contributed by atoms with Crippen molar-refractivity contribution in [2.75, 3.05) is 25.6 Å². The molecule has 1 aliphatic heterocycles. The van der Waals surface area contributed by atoms with E-state index < -0.39 is 5.97 Å². The number of hydrogen-bond acceptors (Lipinski definition) is 7. The van der Waals surface area contributed by atoms with E-state index in [-0.39, 0.29) is 18.4 Å². The molecule has 7 nitrogen and oxygen atoms in total. The number of nitrogens with one attached hydrogen (secondary N) is 1. The number of methoxy groups -OCH3 is 1. The first-order valence-electron chi connectivity index (χ1n) is 9.61. The zero-order chi connectivity index (χ0) is 20.2. The van der Waals surface area contributed by atoms with Gasteiger partial charge in [-0.3, -0.25) is 0 Å². The normalized spacial score (nSPS) is 16.0. The van der Waals surface area contributed by atoms with Gasteiger partial charge < -0.3 is 19.5 Å². The maximum absolute atomic E-state index is 12.8. The number of aromatic nitrogens is 2. The second-order valence-electron chi connectivity index (χ2n) is 6.97. The molecule has 0 saturated carbocycles. The van der Waals surface area contributed by atoms with Crippen LogP contribution < -0.4 is 10.1 Å². The van der Waals surface area contributed by atoms with Crippen LogP contribution in [0.3, 0.4) is 0 Å². The third kappa shape index (κ3) is 4.30. The zero-order valence-electron chi connectivity index (χ0n) is 16.5. The van der Waals surface area contributed by atoms with E-state index in [4.69, 9.17) is 14.2 Å². The Morgan fingerprint density at radius 2 is 2.00 bits per heavy atom. The molecule has 0 radical (unpaired) electrons. The molecule has 7 heteroatoms. The number of carbonyl (C=O) groups excluding carboxylic acids is 1. The standard InChI is InChI=1S/C22H23N3O4/c1-14-9-10-19(27-2)18(12-14)25-21-20(22(26)29-13-15-6-5-11-28-15)23-16-7-3-4-8-17(16)24-21/h3-4,7-10,12,15H,5-6,11,13H2,1-2H3,(H,24,25)/t15-/m0/s1. The monoisotopic (exact) mass is 393 g/mol. The van der Waals surface area contributed by atoms with Crippen LogP contribution in [0.15, 0.2) is 42.5 Å². The maximum atomic E-state index is 12.8. The minimum Gasteiger partial charge on any atom is -0.495 e. The average molecular weight is 393 g/mol. The lowest BCUT2D eigenvalue weighted by Crippen LogP contribution is -2.20. The summed E-state index contributed by atoms with van der Waals surface area (Å²) in [4.78, 5) is 22.0. The molecule has 2 aromatic carbocycles. The summed E-state index contributed by atoms with van der Waals surface area (Å²) in [6.45, 7) is 2.89. The van der Waals surface area contributed by atoms with Crippen LogP contribution in [0.5, 0.6) is 5.75 Å². The van der Waals surface area contributed by atoms with Gasteiger partial charge in [0.2, 0.25) is 0 Å². The van der Waals surface area contributed by atoms with Crippen molar-refractivity contribution in [3.63, 3.8) is 0 Å². The van der Waals surface area contributed by atoms with Gasteiger partial charge in [0.25, 0.3) is 0 Å². The first-order valence-corrected chi connectivity index (χ1v) is 9.61. The maximum Gasteiger partial charge on any atom is 0.360 e. The van der Waals surface area contributed by atoms with E-state index in [1.165, 1.54) is 0 Å². The fourth-order valence-electron chi connectivity index (χ4n) is 3.29. The number of ether oxygens (including phenoxy) is 3. The number of rotatable bonds is 6. The molecule has 0 aliphatic carbocycles. The molecule has 1 N–H and O–H groups in total. The van der Waals surface area contributed by atoms with Gasteiger partial charge in [0.05, 0.1) is 29.9 Å². The van der Waals surface area contributed by atoms with Crippen LogP contribution >= 0.6 is 0 Å². The number of esters is 1. The highest BCUT2D eigenvalue weighted by Crippen LogP contribution is 2.30. The van der Waals surface area contributed by atoms with Crippen LogP contribution in [0.25, 0.3) is 11.0 Å². The van der Waals surface area contributed by atoms with E-state index in [0.717, 1.165) is 18.4 Å². The molecule has 0 spiro atoms. The highest BCUT2D eigenvalue weighted by molar-refractivity contribution is 5.96. The molecule has 150 valence electrons. The number of aryl methyl sites for hydroxylation is 1. The average Bonchev–Trinajstić information content (AvgIpc) is 3.25. The molecule has 0 unspecified atom stereocenters. The van der Waals surface area contributed by atoms with Crippen molar-refractivity contribution >= 4 is 28.5 Å². The molecule has 1 fully saturated rings. The lowest BCUT2D eigenvalue weighted by atomic mass is 10.2. The van der Waals surface area contributed by atoms with Crippen molar-refractivity contribution in [2.45, 2.75) is 25.9 Å². The third-order valence-corrected chi connectivity index (χ3v) is 4.80. The highest BCUT2D eigenvalue weighted by Gasteiger charge is 2.22. The van der Waals surface area contributed by atoms with Gasteiger partial charge in [0, 0.05) is 6.61 Å². The van der Waals surface area contributed by atoms with Gasteiger partial charge in [-0.15, -0.1) is 0 Å². The summed E-state index contributed by atoms with van der Waals surface area (Å²) in [5.74, 6) is 0.432. The lowest BCUT2D eigenvalue weighted by molar-refractivity contribution is 0.0157. The second kappa shape index (κ2) is 8.45. The molecule has 1 aliphatic rings. The largest absolute Gasteiger partial charge is 0.495 e. The smallest absolute Gasteiger partial charge is 0.360 e. The Labute approximate surface area is 169 Å². The molecule has 4 rings (SSSR count). The van der Waals surface area contributed by atoms with Crippen molar-refractivity contribution in [3.05, 3.63) is 53.7 Å². The Kier molecular flexibility index (Phi) is 5.57. The van der Waals surface area contributed by atoms with Crippen LogP contribution in [0.2, 0.25) is 0 Å². The van der Waals surface area contributed by atoms with Crippen LogP contribution in [0, 0.1) is 6.92 Å². The van der Waals surface area contributed by atoms with Crippen LogP contribution in [-0.4, -0.2) is 42.4 Å².